The molecule has 1 aliphatic rings. The molecule has 1 unspecified atom stereocenters. The van der Waals surface area contributed by atoms with Crippen molar-refractivity contribution in [2.45, 2.75) is 6.04 Å². The Balaban J connectivity index is 1.55. The van der Waals surface area contributed by atoms with Gasteiger partial charge in [-0.1, -0.05) is 41.9 Å². The van der Waals surface area contributed by atoms with E-state index in [0.29, 0.717) is 16.5 Å². The Bertz CT molecular complexity index is 989. The van der Waals surface area contributed by atoms with E-state index in [-0.39, 0.29) is 31.0 Å². The maximum absolute atomic E-state index is 12.8. The van der Waals surface area contributed by atoms with Gasteiger partial charge in [0, 0.05) is 9.90 Å². The van der Waals surface area contributed by atoms with E-state index < -0.39 is 0 Å². The third kappa shape index (κ3) is 3.88. The van der Waals surface area contributed by atoms with Crippen molar-refractivity contribution in [2.24, 2.45) is 0 Å². The molecule has 0 saturated carbocycles. The van der Waals surface area contributed by atoms with Crippen molar-refractivity contribution in [1.29, 1.82) is 0 Å². The summed E-state index contributed by atoms with van der Waals surface area (Å²) in [4.78, 5) is 27.6. The van der Waals surface area contributed by atoms with Crippen LogP contribution >= 0.6 is 22.9 Å². The standard InChI is InChI=1S/C21H17ClN2O3S/c22-15-9-7-14(8-10-15)21(18-6-3-11-28-18)23-19(25)12-24-16-4-1-2-5-17(16)27-13-20(24)26/h1-11,21H,12-13H2,(H,23,25). The zero-order valence-electron chi connectivity index (χ0n) is 14.8. The summed E-state index contributed by atoms with van der Waals surface area (Å²) in [7, 11) is 0. The smallest absolute Gasteiger partial charge is 0.265 e. The molecule has 2 aromatic carbocycles. The predicted octanol–water partition coefficient (Wildman–Crippen LogP) is 4.03. The highest BCUT2D eigenvalue weighted by molar-refractivity contribution is 7.10. The van der Waals surface area contributed by atoms with Gasteiger partial charge in [-0.05, 0) is 41.3 Å². The number of carbonyl (C=O) groups excluding carboxylic acids is 2. The lowest BCUT2D eigenvalue weighted by Crippen LogP contribution is -2.45. The van der Waals surface area contributed by atoms with Gasteiger partial charge in [0.2, 0.25) is 5.91 Å². The molecule has 5 nitrogen and oxygen atoms in total. The van der Waals surface area contributed by atoms with Gasteiger partial charge in [-0.15, -0.1) is 11.3 Å². The zero-order valence-corrected chi connectivity index (χ0v) is 16.4. The third-order valence-electron chi connectivity index (χ3n) is 4.45. The number of fused-ring (bicyclic) bond motifs is 1. The molecule has 7 heteroatoms. The van der Waals surface area contributed by atoms with Gasteiger partial charge in [-0.2, -0.15) is 0 Å². The Labute approximate surface area is 171 Å². The van der Waals surface area contributed by atoms with E-state index in [1.165, 1.54) is 4.90 Å². The number of amides is 2. The van der Waals surface area contributed by atoms with Gasteiger partial charge in [0.25, 0.3) is 5.91 Å². The Hall–Kier alpha value is -2.83. The second kappa shape index (κ2) is 8.04. The molecule has 1 atom stereocenters. The summed E-state index contributed by atoms with van der Waals surface area (Å²) in [6.07, 6.45) is 0. The van der Waals surface area contributed by atoms with Crippen LogP contribution < -0.4 is 15.0 Å². The summed E-state index contributed by atoms with van der Waals surface area (Å²) >= 11 is 7.56. The Morgan fingerprint density at radius 1 is 1.14 bits per heavy atom. The Morgan fingerprint density at radius 3 is 2.68 bits per heavy atom. The number of carbonyl (C=O) groups is 2. The molecule has 142 valence electrons. The molecule has 1 aromatic heterocycles. The molecule has 0 radical (unpaired) electrons. The lowest BCUT2D eigenvalue weighted by Gasteiger charge is -2.29. The highest BCUT2D eigenvalue weighted by atomic mass is 35.5. The average molecular weight is 413 g/mol. The normalized spacial score (nSPS) is 14.2. The topological polar surface area (TPSA) is 58.6 Å². The largest absolute Gasteiger partial charge is 0.482 e. The van der Waals surface area contributed by atoms with Crippen LogP contribution in [0, 0.1) is 0 Å². The second-order valence-electron chi connectivity index (χ2n) is 6.30. The van der Waals surface area contributed by atoms with Crippen LogP contribution in [0.25, 0.3) is 0 Å². The van der Waals surface area contributed by atoms with E-state index >= 15 is 0 Å². The van der Waals surface area contributed by atoms with Crippen LogP contribution in [0.2, 0.25) is 5.02 Å². The van der Waals surface area contributed by atoms with Gasteiger partial charge in [0.05, 0.1) is 11.7 Å². The van der Waals surface area contributed by atoms with Crippen molar-refractivity contribution in [3.8, 4) is 5.75 Å². The summed E-state index contributed by atoms with van der Waals surface area (Å²) in [5, 5.41) is 5.65. The molecule has 1 aliphatic heterocycles. The first-order valence-corrected chi connectivity index (χ1v) is 9.98. The first-order valence-electron chi connectivity index (χ1n) is 8.72. The monoisotopic (exact) mass is 412 g/mol. The summed E-state index contributed by atoms with van der Waals surface area (Å²) < 4.78 is 5.43. The molecule has 0 fully saturated rings. The molecule has 4 rings (SSSR count). The first kappa shape index (κ1) is 18.5. The van der Waals surface area contributed by atoms with E-state index in [1.807, 2.05) is 41.8 Å². The summed E-state index contributed by atoms with van der Waals surface area (Å²) in [6.45, 7) is -0.148. The van der Waals surface area contributed by atoms with Gasteiger partial charge in [-0.3, -0.25) is 14.5 Å². The second-order valence-corrected chi connectivity index (χ2v) is 7.72. The summed E-state index contributed by atoms with van der Waals surface area (Å²) in [5.41, 5.74) is 1.53. The van der Waals surface area contributed by atoms with Gasteiger partial charge in [0.1, 0.15) is 12.3 Å². The van der Waals surface area contributed by atoms with Crippen LogP contribution in [0.1, 0.15) is 16.5 Å². The Morgan fingerprint density at radius 2 is 1.93 bits per heavy atom. The number of nitrogens with zero attached hydrogens (tertiary/aromatic N) is 1. The van der Waals surface area contributed by atoms with E-state index in [2.05, 4.69) is 5.32 Å². The molecule has 0 saturated heterocycles. The van der Waals surface area contributed by atoms with E-state index in [9.17, 15) is 9.59 Å². The molecule has 2 amide bonds. The van der Waals surface area contributed by atoms with Crippen LogP contribution in [0.15, 0.2) is 66.0 Å². The molecule has 0 spiro atoms. The maximum atomic E-state index is 12.8. The number of para-hydroxylation sites is 2. The molecule has 28 heavy (non-hydrogen) atoms. The van der Waals surface area contributed by atoms with Crippen LogP contribution in [0.4, 0.5) is 5.69 Å². The molecular weight excluding hydrogens is 396 g/mol. The van der Waals surface area contributed by atoms with Gasteiger partial charge < -0.3 is 10.1 Å². The van der Waals surface area contributed by atoms with E-state index in [1.54, 1.807) is 35.6 Å². The van der Waals surface area contributed by atoms with Gasteiger partial charge in [-0.25, -0.2) is 0 Å². The number of nitrogens with one attached hydrogen (secondary N) is 1. The van der Waals surface area contributed by atoms with Crippen molar-refractivity contribution in [3.05, 3.63) is 81.5 Å². The van der Waals surface area contributed by atoms with Crippen molar-refractivity contribution in [1.82, 2.24) is 5.32 Å². The van der Waals surface area contributed by atoms with Crippen molar-refractivity contribution in [3.63, 3.8) is 0 Å². The minimum Gasteiger partial charge on any atom is -0.482 e. The molecular formula is C21H17ClN2O3S. The van der Waals surface area contributed by atoms with E-state index in [4.69, 9.17) is 16.3 Å². The van der Waals surface area contributed by atoms with Crippen molar-refractivity contribution >= 4 is 40.4 Å². The molecule has 0 bridgehead atoms. The number of hydrogen-bond acceptors (Lipinski definition) is 4. The lowest BCUT2D eigenvalue weighted by molar-refractivity contribution is -0.125. The fourth-order valence-corrected chi connectivity index (χ4v) is 4.04. The number of benzene rings is 2. The summed E-state index contributed by atoms with van der Waals surface area (Å²) in [5.74, 6) is 0.105. The predicted molar refractivity (Wildman–Crippen MR) is 110 cm³/mol. The van der Waals surface area contributed by atoms with Gasteiger partial charge >= 0.3 is 0 Å². The molecule has 3 aromatic rings. The lowest BCUT2D eigenvalue weighted by atomic mass is 10.1. The van der Waals surface area contributed by atoms with Gasteiger partial charge in [0.15, 0.2) is 6.61 Å². The van der Waals surface area contributed by atoms with Crippen molar-refractivity contribution in [2.75, 3.05) is 18.1 Å². The van der Waals surface area contributed by atoms with Crippen LogP contribution in [0.3, 0.4) is 0 Å². The highest BCUT2D eigenvalue weighted by Crippen LogP contribution is 2.31. The third-order valence-corrected chi connectivity index (χ3v) is 5.64. The fourth-order valence-electron chi connectivity index (χ4n) is 3.11. The minimum absolute atomic E-state index is 0.0736. The van der Waals surface area contributed by atoms with Crippen molar-refractivity contribution < 1.29 is 14.3 Å². The van der Waals surface area contributed by atoms with Crippen LogP contribution in [-0.4, -0.2) is 25.0 Å². The molecule has 1 N–H and O–H groups in total. The average Bonchev–Trinajstić information content (AvgIpc) is 3.24. The number of ether oxygens (including phenoxy) is 1. The Kier molecular flexibility index (Phi) is 5.32. The number of rotatable bonds is 5. The molecule has 2 heterocycles. The number of halogens is 1. The molecule has 0 aliphatic carbocycles. The number of hydrogen-bond donors (Lipinski definition) is 1. The summed E-state index contributed by atoms with van der Waals surface area (Å²) in [6, 6.07) is 18.2. The van der Waals surface area contributed by atoms with Crippen LogP contribution in [0.5, 0.6) is 5.75 Å². The quantitative estimate of drug-likeness (QED) is 0.688. The number of anilines is 1. The first-order chi connectivity index (χ1) is 13.6. The maximum Gasteiger partial charge on any atom is 0.265 e. The van der Waals surface area contributed by atoms with E-state index in [0.717, 1.165) is 10.4 Å². The highest BCUT2D eigenvalue weighted by Gasteiger charge is 2.28. The number of thiophene rings is 1. The van der Waals surface area contributed by atoms with Crippen LogP contribution in [-0.2, 0) is 9.59 Å². The minimum atomic E-state index is -0.309. The fraction of sp³-hybridized carbons (Fsp3) is 0.143. The SMILES string of the molecule is O=C(CN1C(=O)COc2ccccc21)NC(c1ccc(Cl)cc1)c1cccs1. The zero-order chi connectivity index (χ0) is 19.5.